The van der Waals surface area contributed by atoms with Crippen LogP contribution in [0.3, 0.4) is 0 Å². The number of amides is 1. The quantitative estimate of drug-likeness (QED) is 0.285. The van der Waals surface area contributed by atoms with Crippen LogP contribution in [0.5, 0.6) is 0 Å². The van der Waals surface area contributed by atoms with E-state index in [-0.39, 0.29) is 48.5 Å². The summed E-state index contributed by atoms with van der Waals surface area (Å²) in [5.41, 5.74) is -0.429. The summed E-state index contributed by atoms with van der Waals surface area (Å²) in [5.74, 6) is -3.29. The van der Waals surface area contributed by atoms with E-state index in [1.165, 1.54) is 61.4 Å². The molecule has 2 N–H and O–H groups in total. The number of aryl methyl sites for hydroxylation is 2. The van der Waals surface area contributed by atoms with Gasteiger partial charge in [0, 0.05) is 44.5 Å². The molecule has 1 amide bonds. The summed E-state index contributed by atoms with van der Waals surface area (Å²) in [6.45, 7) is 2.05. The number of hydrogen-bond donors (Lipinski definition) is 2. The van der Waals surface area contributed by atoms with Crippen molar-refractivity contribution in [3.63, 3.8) is 0 Å². The fourth-order valence-corrected chi connectivity index (χ4v) is 5.41. The number of aromatic nitrogens is 4. The Morgan fingerprint density at radius 2 is 1.96 bits per heavy atom. The third-order valence-corrected chi connectivity index (χ3v) is 7.66. The molecule has 0 saturated carbocycles. The SMILES string of the molecule is Cc1cc(N2CCOC[C@H]2CC(F)F)cc(F)c1C(=O)N[C@@H](Cc1ccc(-n2c(=O)c3ccncc3n(C)c2=O)nc1)C(=O)O. The maximum Gasteiger partial charge on any atom is 0.337 e. The van der Waals surface area contributed by atoms with Crippen molar-refractivity contribution in [2.24, 2.45) is 7.05 Å². The number of halogens is 3. The number of morpholine rings is 1. The number of alkyl halides is 2. The molecule has 1 aromatic carbocycles. The second-order valence-corrected chi connectivity index (χ2v) is 10.6. The molecule has 0 bridgehead atoms. The van der Waals surface area contributed by atoms with Crippen molar-refractivity contribution < 1.29 is 32.6 Å². The molecule has 4 aromatic rings. The van der Waals surface area contributed by atoms with E-state index in [1.54, 1.807) is 4.90 Å². The van der Waals surface area contributed by atoms with E-state index in [0.717, 1.165) is 10.6 Å². The lowest BCUT2D eigenvalue weighted by molar-refractivity contribution is -0.139. The Hall–Kier alpha value is -5.05. The van der Waals surface area contributed by atoms with Gasteiger partial charge in [-0.25, -0.2) is 32.3 Å². The third-order valence-electron chi connectivity index (χ3n) is 7.66. The van der Waals surface area contributed by atoms with Gasteiger partial charge in [-0.05, 0) is 42.3 Å². The molecule has 45 heavy (non-hydrogen) atoms. The van der Waals surface area contributed by atoms with Gasteiger partial charge in [0.2, 0.25) is 6.43 Å². The number of hydrogen-bond acceptors (Lipinski definition) is 8. The van der Waals surface area contributed by atoms with Crippen LogP contribution in [0.2, 0.25) is 0 Å². The largest absolute Gasteiger partial charge is 0.480 e. The number of carboxylic acid groups (broad SMARTS) is 1. The number of carbonyl (C=O) groups is 2. The fourth-order valence-electron chi connectivity index (χ4n) is 5.41. The van der Waals surface area contributed by atoms with Gasteiger partial charge in [0.05, 0.1) is 41.9 Å². The van der Waals surface area contributed by atoms with Gasteiger partial charge in [-0.1, -0.05) is 6.07 Å². The van der Waals surface area contributed by atoms with Crippen molar-refractivity contribution in [3.8, 4) is 5.82 Å². The van der Waals surface area contributed by atoms with Gasteiger partial charge in [-0.2, -0.15) is 0 Å². The highest BCUT2D eigenvalue weighted by atomic mass is 19.3. The molecule has 1 aliphatic rings. The van der Waals surface area contributed by atoms with Gasteiger partial charge in [0.15, 0.2) is 0 Å². The van der Waals surface area contributed by atoms with Gasteiger partial charge in [-0.3, -0.25) is 19.1 Å². The smallest absolute Gasteiger partial charge is 0.337 e. The zero-order chi connectivity index (χ0) is 32.4. The average molecular weight is 627 g/mol. The molecule has 12 nitrogen and oxygen atoms in total. The number of fused-ring (bicyclic) bond motifs is 1. The molecule has 15 heteroatoms. The number of ether oxygens (including phenoxy) is 1. The summed E-state index contributed by atoms with van der Waals surface area (Å²) in [4.78, 5) is 60.8. The number of aliphatic carboxylic acids is 1. The van der Waals surface area contributed by atoms with Crippen molar-refractivity contribution in [2.75, 3.05) is 24.7 Å². The standard InChI is InChI=1S/C30H29F3N6O6/c1-16-9-18(38-7-8-45-15-19(38)12-24(32)33)11-21(31)26(16)27(40)36-22(29(42)43)10-17-3-4-25(35-13-17)39-28(41)20-5-6-34-14-23(20)37(2)30(39)44/h3-6,9,11,13-14,19,22,24H,7-8,10,12,15H2,1-2H3,(H,36,40)(H,42,43)/t19-,22+/m1/s1. The Bertz CT molecular complexity index is 1850. The minimum absolute atomic E-state index is 0.00724. The minimum atomic E-state index is -2.58. The van der Waals surface area contributed by atoms with E-state index < -0.39 is 53.9 Å². The van der Waals surface area contributed by atoms with Crippen LogP contribution in [-0.2, 0) is 23.0 Å². The molecule has 1 saturated heterocycles. The van der Waals surface area contributed by atoms with Crippen LogP contribution in [0.1, 0.15) is 27.9 Å². The van der Waals surface area contributed by atoms with Crippen molar-refractivity contribution in [1.29, 1.82) is 0 Å². The predicted molar refractivity (Wildman–Crippen MR) is 157 cm³/mol. The van der Waals surface area contributed by atoms with Gasteiger partial charge >= 0.3 is 11.7 Å². The number of carbonyl (C=O) groups excluding carboxylic acids is 1. The van der Waals surface area contributed by atoms with Crippen LogP contribution >= 0.6 is 0 Å². The van der Waals surface area contributed by atoms with Crippen LogP contribution in [0.25, 0.3) is 16.7 Å². The minimum Gasteiger partial charge on any atom is -0.480 e. The summed E-state index contributed by atoms with van der Waals surface area (Å²) in [5, 5.41) is 12.4. The molecular formula is C30H29F3N6O6. The lowest BCUT2D eigenvalue weighted by Gasteiger charge is -2.37. The van der Waals surface area contributed by atoms with Crippen LogP contribution in [0.4, 0.5) is 18.9 Å². The van der Waals surface area contributed by atoms with E-state index >= 15 is 4.39 Å². The highest BCUT2D eigenvalue weighted by Crippen LogP contribution is 2.28. The number of benzene rings is 1. The van der Waals surface area contributed by atoms with Gasteiger partial charge < -0.3 is 20.1 Å². The molecular weight excluding hydrogens is 597 g/mol. The molecule has 0 aliphatic carbocycles. The van der Waals surface area contributed by atoms with Crippen LogP contribution in [0, 0.1) is 12.7 Å². The van der Waals surface area contributed by atoms with Gasteiger partial charge in [0.1, 0.15) is 17.7 Å². The summed E-state index contributed by atoms with van der Waals surface area (Å²) < 4.78 is 48.9. The summed E-state index contributed by atoms with van der Waals surface area (Å²) in [6, 6.07) is 4.73. The van der Waals surface area contributed by atoms with Crippen molar-refractivity contribution in [1.82, 2.24) is 24.4 Å². The Balaban J connectivity index is 1.35. The van der Waals surface area contributed by atoms with Gasteiger partial charge in [0.25, 0.3) is 11.5 Å². The molecule has 0 spiro atoms. The Morgan fingerprint density at radius 3 is 2.62 bits per heavy atom. The first kappa shape index (κ1) is 31.4. The van der Waals surface area contributed by atoms with Gasteiger partial charge in [-0.15, -0.1) is 0 Å². The molecule has 4 heterocycles. The molecule has 2 atom stereocenters. The van der Waals surface area contributed by atoms with Crippen LogP contribution in [0.15, 0.2) is 58.5 Å². The summed E-state index contributed by atoms with van der Waals surface area (Å²) in [6.07, 6.45) is 0.809. The number of pyridine rings is 2. The number of rotatable bonds is 9. The number of nitrogens with zero attached hydrogens (tertiary/aromatic N) is 5. The Morgan fingerprint density at radius 1 is 1.18 bits per heavy atom. The molecule has 0 radical (unpaired) electrons. The van der Waals surface area contributed by atoms with E-state index in [4.69, 9.17) is 4.74 Å². The van der Waals surface area contributed by atoms with E-state index in [2.05, 4.69) is 15.3 Å². The predicted octanol–water partition coefficient (Wildman–Crippen LogP) is 2.21. The number of carboxylic acids is 1. The zero-order valence-electron chi connectivity index (χ0n) is 24.2. The van der Waals surface area contributed by atoms with E-state index in [9.17, 15) is 33.1 Å². The molecule has 3 aromatic heterocycles. The Kier molecular flexibility index (Phi) is 8.99. The van der Waals surface area contributed by atoms with E-state index in [1.807, 2.05) is 0 Å². The first-order valence-corrected chi connectivity index (χ1v) is 13.9. The van der Waals surface area contributed by atoms with Crippen molar-refractivity contribution in [2.45, 2.75) is 38.3 Å². The maximum atomic E-state index is 15.3. The molecule has 1 fully saturated rings. The molecule has 1 aliphatic heterocycles. The number of nitrogens with one attached hydrogen (secondary N) is 1. The summed E-state index contributed by atoms with van der Waals surface area (Å²) in [7, 11) is 1.49. The second-order valence-electron chi connectivity index (χ2n) is 10.6. The molecule has 236 valence electrons. The average Bonchev–Trinajstić information content (AvgIpc) is 3.00. The number of anilines is 1. The van der Waals surface area contributed by atoms with Crippen LogP contribution < -0.4 is 21.5 Å². The maximum absolute atomic E-state index is 15.3. The summed E-state index contributed by atoms with van der Waals surface area (Å²) >= 11 is 0. The lowest BCUT2D eigenvalue weighted by atomic mass is 10.0. The highest BCUT2D eigenvalue weighted by Gasteiger charge is 2.29. The molecule has 5 rings (SSSR count). The highest BCUT2D eigenvalue weighted by molar-refractivity contribution is 5.98. The first-order chi connectivity index (χ1) is 21.5. The lowest BCUT2D eigenvalue weighted by Crippen LogP contribution is -2.46. The topological polar surface area (TPSA) is 149 Å². The zero-order valence-corrected chi connectivity index (χ0v) is 24.2. The first-order valence-electron chi connectivity index (χ1n) is 13.9. The second kappa shape index (κ2) is 12.9. The normalized spacial score (nSPS) is 15.8. The van der Waals surface area contributed by atoms with Crippen molar-refractivity contribution >= 4 is 28.5 Å². The van der Waals surface area contributed by atoms with Crippen LogP contribution in [-0.4, -0.2) is 74.4 Å². The monoisotopic (exact) mass is 626 g/mol. The Labute approximate surface area is 253 Å². The van der Waals surface area contributed by atoms with E-state index in [0.29, 0.717) is 16.8 Å². The molecule has 0 unspecified atom stereocenters. The fraction of sp³-hybridized carbons (Fsp3) is 0.333. The third kappa shape index (κ3) is 6.43. The van der Waals surface area contributed by atoms with Crippen molar-refractivity contribution in [3.05, 3.63) is 92.3 Å².